The summed E-state index contributed by atoms with van der Waals surface area (Å²) in [5.74, 6) is -2.98. The number of nitrogens with one attached hydrogen (secondary N) is 2. The molecular weight excluding hydrogens is 390 g/mol. The highest BCUT2D eigenvalue weighted by Gasteiger charge is 2.51. The van der Waals surface area contributed by atoms with Gasteiger partial charge in [-0.15, -0.1) is 0 Å². The summed E-state index contributed by atoms with van der Waals surface area (Å²) in [6.45, 7) is 2.25. The minimum Gasteiger partial charge on any atom is -0.454 e. The first-order valence-electron chi connectivity index (χ1n) is 9.99. The van der Waals surface area contributed by atoms with Gasteiger partial charge < -0.3 is 15.4 Å². The van der Waals surface area contributed by atoms with E-state index in [0.717, 1.165) is 17.7 Å². The summed E-state index contributed by atoms with van der Waals surface area (Å²) in [4.78, 5) is 61.7. The monoisotopic (exact) mass is 415 g/mol. The van der Waals surface area contributed by atoms with Gasteiger partial charge >= 0.3 is 5.97 Å². The number of carbonyl (C=O) groups is 5. The Balaban J connectivity index is 1.53. The zero-order chi connectivity index (χ0) is 21.8. The van der Waals surface area contributed by atoms with Crippen molar-refractivity contribution in [1.29, 1.82) is 0 Å². The number of benzene rings is 1. The Bertz CT molecular complexity index is 859. The Labute approximate surface area is 174 Å². The van der Waals surface area contributed by atoms with Crippen LogP contribution >= 0.6 is 0 Å². The summed E-state index contributed by atoms with van der Waals surface area (Å²) < 4.78 is 5.03. The number of esters is 1. The van der Waals surface area contributed by atoms with E-state index in [-0.39, 0.29) is 29.6 Å². The minimum atomic E-state index is -1.08. The van der Waals surface area contributed by atoms with Crippen LogP contribution in [0.1, 0.15) is 39.5 Å². The van der Waals surface area contributed by atoms with Crippen molar-refractivity contribution in [2.24, 2.45) is 11.8 Å². The van der Waals surface area contributed by atoms with Crippen molar-refractivity contribution in [2.45, 2.75) is 45.6 Å². The van der Waals surface area contributed by atoms with Crippen LogP contribution in [-0.4, -0.2) is 47.1 Å². The molecule has 1 aliphatic heterocycles. The van der Waals surface area contributed by atoms with Gasteiger partial charge in [0.1, 0.15) is 6.04 Å². The normalized spacial score (nSPS) is 21.6. The van der Waals surface area contributed by atoms with Crippen molar-refractivity contribution in [2.75, 3.05) is 17.2 Å². The maximum Gasteiger partial charge on any atom is 0.329 e. The molecule has 1 aliphatic carbocycles. The average molecular weight is 415 g/mol. The van der Waals surface area contributed by atoms with E-state index in [2.05, 4.69) is 10.6 Å². The Morgan fingerprint density at radius 1 is 1.07 bits per heavy atom. The molecule has 0 aromatic heterocycles. The van der Waals surface area contributed by atoms with Crippen molar-refractivity contribution in [1.82, 2.24) is 4.90 Å². The van der Waals surface area contributed by atoms with Gasteiger partial charge in [-0.25, -0.2) is 4.79 Å². The molecule has 2 aliphatic rings. The van der Waals surface area contributed by atoms with Crippen LogP contribution in [-0.2, 0) is 28.7 Å². The first kappa shape index (κ1) is 21.5. The molecule has 3 atom stereocenters. The van der Waals surface area contributed by atoms with Gasteiger partial charge in [0.05, 0.1) is 11.8 Å². The predicted molar refractivity (Wildman–Crippen MR) is 107 cm³/mol. The second-order valence-corrected chi connectivity index (χ2v) is 7.64. The van der Waals surface area contributed by atoms with Crippen molar-refractivity contribution < 1.29 is 28.7 Å². The lowest BCUT2D eigenvalue weighted by molar-refractivity contribution is -0.159. The van der Waals surface area contributed by atoms with Crippen LogP contribution in [0.2, 0.25) is 0 Å². The summed E-state index contributed by atoms with van der Waals surface area (Å²) in [6, 6.07) is 5.43. The maximum atomic E-state index is 12.6. The highest BCUT2D eigenvalue weighted by Crippen LogP contribution is 2.38. The molecule has 0 unspecified atom stereocenters. The van der Waals surface area contributed by atoms with E-state index in [4.69, 9.17) is 4.74 Å². The molecule has 3 rings (SSSR count). The zero-order valence-corrected chi connectivity index (χ0v) is 17.0. The molecule has 0 bridgehead atoms. The van der Waals surface area contributed by atoms with Crippen molar-refractivity contribution >= 4 is 41.0 Å². The second kappa shape index (κ2) is 9.06. The lowest BCUT2D eigenvalue weighted by Gasteiger charge is -2.21. The first-order valence-corrected chi connectivity index (χ1v) is 9.99. The van der Waals surface area contributed by atoms with Crippen LogP contribution in [0.25, 0.3) is 0 Å². The van der Waals surface area contributed by atoms with Crippen molar-refractivity contribution in [3.63, 3.8) is 0 Å². The summed E-state index contributed by atoms with van der Waals surface area (Å²) in [5.41, 5.74) is 0.933. The molecule has 9 heteroatoms. The molecule has 1 aromatic carbocycles. The molecule has 2 N–H and O–H groups in total. The Morgan fingerprint density at radius 3 is 2.20 bits per heavy atom. The highest BCUT2D eigenvalue weighted by molar-refractivity contribution is 6.08. The van der Waals surface area contributed by atoms with E-state index < -0.39 is 24.5 Å². The quantitative estimate of drug-likeness (QED) is 0.539. The summed E-state index contributed by atoms with van der Waals surface area (Å²) in [7, 11) is 0. The molecule has 1 saturated carbocycles. The van der Waals surface area contributed by atoms with Crippen LogP contribution in [0.5, 0.6) is 0 Å². The van der Waals surface area contributed by atoms with Gasteiger partial charge in [-0.05, 0) is 38.0 Å². The number of amides is 4. The van der Waals surface area contributed by atoms with E-state index in [1.54, 1.807) is 24.3 Å². The Kier molecular flexibility index (Phi) is 6.49. The molecular formula is C21H25N3O6. The van der Waals surface area contributed by atoms with E-state index in [0.29, 0.717) is 24.2 Å². The molecule has 1 heterocycles. The smallest absolute Gasteiger partial charge is 0.329 e. The van der Waals surface area contributed by atoms with Gasteiger partial charge in [0.25, 0.3) is 5.91 Å². The fourth-order valence-electron chi connectivity index (χ4n) is 4.01. The van der Waals surface area contributed by atoms with Gasteiger partial charge in [-0.1, -0.05) is 18.9 Å². The average Bonchev–Trinajstić information content (AvgIpc) is 2.96. The molecule has 160 valence electrons. The first-order chi connectivity index (χ1) is 14.3. The van der Waals surface area contributed by atoms with E-state index in [1.807, 2.05) is 0 Å². The van der Waals surface area contributed by atoms with Crippen LogP contribution in [0, 0.1) is 11.8 Å². The van der Waals surface area contributed by atoms with E-state index >= 15 is 0 Å². The van der Waals surface area contributed by atoms with Gasteiger partial charge in [0.2, 0.25) is 17.7 Å². The molecule has 0 radical (unpaired) electrons. The minimum absolute atomic E-state index is 0.243. The number of hydrogen-bond donors (Lipinski definition) is 2. The fraction of sp³-hybridized carbons (Fsp3) is 0.476. The highest BCUT2D eigenvalue weighted by atomic mass is 16.5. The van der Waals surface area contributed by atoms with E-state index in [9.17, 15) is 24.0 Å². The number of nitrogens with zero attached hydrogens (tertiary/aromatic N) is 1. The number of hydrogen-bond acceptors (Lipinski definition) is 6. The molecule has 9 nitrogen and oxygen atoms in total. The topological polar surface area (TPSA) is 122 Å². The van der Waals surface area contributed by atoms with E-state index in [1.165, 1.54) is 13.8 Å². The third-order valence-electron chi connectivity index (χ3n) is 5.42. The van der Waals surface area contributed by atoms with Crippen molar-refractivity contribution in [3.8, 4) is 0 Å². The summed E-state index contributed by atoms with van der Waals surface area (Å²) in [6.07, 6.45) is 3.12. The Hall–Kier alpha value is -3.23. The lowest BCUT2D eigenvalue weighted by Crippen LogP contribution is -2.45. The standard InChI is InChI=1S/C21H25N3O6/c1-12(24-19(27)16-8-3-4-9-17(16)20(24)28)21(29)30-11-18(26)23-15-7-5-6-14(10-15)22-13(2)25/h5-7,10,12,16-17H,3-4,8-9,11H2,1-2H3,(H,22,25)(H,23,26)/t12-,16+,17+/m0/s1. The SMILES string of the molecule is CC(=O)Nc1cccc(NC(=O)COC(=O)[C@H](C)N2C(=O)[C@@H]3CCCC[C@H]3C2=O)c1. The summed E-state index contributed by atoms with van der Waals surface area (Å²) in [5, 5.41) is 5.16. The van der Waals surface area contributed by atoms with Crippen LogP contribution in [0.3, 0.4) is 0 Å². The zero-order valence-electron chi connectivity index (χ0n) is 17.0. The Morgan fingerprint density at radius 2 is 1.63 bits per heavy atom. The van der Waals surface area contributed by atoms with Crippen LogP contribution < -0.4 is 10.6 Å². The van der Waals surface area contributed by atoms with Gasteiger partial charge in [0.15, 0.2) is 6.61 Å². The number of likely N-dealkylation sites (tertiary alicyclic amines) is 1. The molecule has 1 aromatic rings. The van der Waals surface area contributed by atoms with Gasteiger partial charge in [-0.2, -0.15) is 0 Å². The summed E-state index contributed by atoms with van der Waals surface area (Å²) >= 11 is 0. The van der Waals surface area contributed by atoms with Gasteiger partial charge in [-0.3, -0.25) is 24.1 Å². The molecule has 1 saturated heterocycles. The second-order valence-electron chi connectivity index (χ2n) is 7.64. The number of ether oxygens (including phenoxy) is 1. The number of carbonyl (C=O) groups excluding carboxylic acids is 5. The fourth-order valence-corrected chi connectivity index (χ4v) is 4.01. The van der Waals surface area contributed by atoms with Crippen LogP contribution in [0.15, 0.2) is 24.3 Å². The number of imide groups is 1. The maximum absolute atomic E-state index is 12.6. The molecule has 4 amide bonds. The van der Waals surface area contributed by atoms with Gasteiger partial charge in [0, 0.05) is 18.3 Å². The molecule has 30 heavy (non-hydrogen) atoms. The number of rotatable bonds is 6. The number of fused-ring (bicyclic) bond motifs is 1. The third-order valence-corrected chi connectivity index (χ3v) is 5.42. The molecule has 2 fully saturated rings. The third kappa shape index (κ3) is 4.67. The molecule has 0 spiro atoms. The lowest BCUT2D eigenvalue weighted by atomic mass is 9.81. The largest absolute Gasteiger partial charge is 0.454 e. The van der Waals surface area contributed by atoms with Crippen molar-refractivity contribution in [3.05, 3.63) is 24.3 Å². The number of anilines is 2. The predicted octanol–water partition coefficient (Wildman–Crippen LogP) is 1.69. The van der Waals surface area contributed by atoms with Crippen LogP contribution in [0.4, 0.5) is 11.4 Å².